The number of carbonyl (C=O) groups is 1. The quantitative estimate of drug-likeness (QED) is 0.601. The summed E-state index contributed by atoms with van der Waals surface area (Å²) in [7, 11) is 0. The van der Waals surface area contributed by atoms with Gasteiger partial charge in [-0.3, -0.25) is 4.79 Å². The van der Waals surface area contributed by atoms with E-state index in [2.05, 4.69) is 40.3 Å². The Morgan fingerprint density at radius 1 is 1.42 bits per heavy atom. The number of halogens is 1. The topological polar surface area (TPSA) is 29.1 Å². The summed E-state index contributed by atoms with van der Waals surface area (Å²) in [5.74, 6) is 1.58. The molecule has 1 saturated carbocycles. The highest BCUT2D eigenvalue weighted by molar-refractivity contribution is 9.09. The van der Waals surface area contributed by atoms with Gasteiger partial charge in [0.15, 0.2) is 0 Å². The third-order valence-electron chi connectivity index (χ3n) is 3.79. The Labute approximate surface area is 124 Å². The molecule has 0 aromatic heterocycles. The molecule has 2 nitrogen and oxygen atoms in total. The van der Waals surface area contributed by atoms with Gasteiger partial charge in [0, 0.05) is 17.8 Å². The Morgan fingerprint density at radius 2 is 2.16 bits per heavy atom. The number of rotatable bonds is 7. The van der Waals surface area contributed by atoms with Crippen LogP contribution in [-0.2, 0) is 4.79 Å². The molecule has 19 heavy (non-hydrogen) atoms. The highest BCUT2D eigenvalue weighted by atomic mass is 79.9. The highest BCUT2D eigenvalue weighted by Crippen LogP contribution is 2.47. The molecule has 3 heteroatoms. The van der Waals surface area contributed by atoms with Crippen molar-refractivity contribution in [3.8, 4) is 0 Å². The summed E-state index contributed by atoms with van der Waals surface area (Å²) in [4.78, 5) is 12.0. The fourth-order valence-electron chi connectivity index (χ4n) is 2.42. The number of amides is 1. The van der Waals surface area contributed by atoms with Crippen molar-refractivity contribution in [2.45, 2.75) is 32.1 Å². The van der Waals surface area contributed by atoms with Crippen LogP contribution in [0.1, 0.15) is 37.7 Å². The van der Waals surface area contributed by atoms with Crippen LogP contribution in [0.3, 0.4) is 0 Å². The lowest BCUT2D eigenvalue weighted by Crippen LogP contribution is -2.26. The second-order valence-electron chi connectivity index (χ2n) is 5.55. The zero-order valence-electron chi connectivity index (χ0n) is 11.4. The van der Waals surface area contributed by atoms with Crippen LogP contribution in [-0.4, -0.2) is 17.8 Å². The van der Waals surface area contributed by atoms with E-state index >= 15 is 0 Å². The summed E-state index contributed by atoms with van der Waals surface area (Å²) >= 11 is 3.48. The third kappa shape index (κ3) is 4.34. The molecule has 1 aliphatic carbocycles. The minimum atomic E-state index is 0.205. The Kier molecular flexibility index (Phi) is 5.44. The van der Waals surface area contributed by atoms with Crippen molar-refractivity contribution in [3.05, 3.63) is 35.9 Å². The zero-order valence-corrected chi connectivity index (χ0v) is 13.0. The summed E-state index contributed by atoms with van der Waals surface area (Å²) in [6, 6.07) is 10.4. The van der Waals surface area contributed by atoms with Gasteiger partial charge in [-0.25, -0.2) is 0 Å². The van der Waals surface area contributed by atoms with Gasteiger partial charge in [0.1, 0.15) is 0 Å². The molecule has 0 bridgehead atoms. The smallest absolute Gasteiger partial charge is 0.223 e. The molecule has 0 heterocycles. The van der Waals surface area contributed by atoms with Crippen molar-refractivity contribution in [3.63, 3.8) is 0 Å². The summed E-state index contributed by atoms with van der Waals surface area (Å²) in [6.07, 6.45) is 3.24. The summed E-state index contributed by atoms with van der Waals surface area (Å²) in [5.41, 5.74) is 1.30. The number of hydrogen-bond acceptors (Lipinski definition) is 1. The van der Waals surface area contributed by atoms with Crippen molar-refractivity contribution >= 4 is 21.8 Å². The Balaban J connectivity index is 1.66. The molecule has 1 aliphatic rings. The van der Waals surface area contributed by atoms with Gasteiger partial charge in [-0.1, -0.05) is 53.2 Å². The number of alkyl halides is 1. The molecule has 1 amide bonds. The maximum absolute atomic E-state index is 12.0. The maximum Gasteiger partial charge on any atom is 0.223 e. The molecular formula is C16H22BrNO. The molecule has 3 unspecified atom stereocenters. The molecule has 1 fully saturated rings. The van der Waals surface area contributed by atoms with E-state index in [1.54, 1.807) is 0 Å². The standard InChI is InChI=1S/C16H22BrNO/c1-12(11-17)6-5-9-18-16(19)15-10-14(15)13-7-3-2-4-8-13/h2-4,7-8,12,14-15H,5-6,9-11H2,1H3,(H,18,19). The largest absolute Gasteiger partial charge is 0.356 e. The van der Waals surface area contributed by atoms with E-state index in [0.29, 0.717) is 11.8 Å². The van der Waals surface area contributed by atoms with Crippen molar-refractivity contribution in [1.82, 2.24) is 5.32 Å². The lowest BCUT2D eigenvalue weighted by atomic mass is 10.1. The van der Waals surface area contributed by atoms with Crippen LogP contribution < -0.4 is 5.32 Å². The molecule has 0 aliphatic heterocycles. The van der Waals surface area contributed by atoms with Crippen LogP contribution in [0.5, 0.6) is 0 Å². The Bertz CT molecular complexity index is 406. The van der Waals surface area contributed by atoms with Gasteiger partial charge in [-0.2, -0.15) is 0 Å². The first-order valence-corrected chi connectivity index (χ1v) is 8.23. The molecule has 1 aromatic rings. The highest BCUT2D eigenvalue weighted by Gasteiger charge is 2.43. The first kappa shape index (κ1) is 14.6. The second kappa shape index (κ2) is 7.09. The SMILES string of the molecule is CC(CBr)CCCNC(=O)C1CC1c1ccccc1. The van der Waals surface area contributed by atoms with E-state index in [1.807, 2.05) is 18.2 Å². The van der Waals surface area contributed by atoms with Gasteiger partial charge < -0.3 is 5.32 Å². The fourth-order valence-corrected chi connectivity index (χ4v) is 2.75. The van der Waals surface area contributed by atoms with Gasteiger partial charge in [0.2, 0.25) is 5.91 Å². The van der Waals surface area contributed by atoms with Crippen molar-refractivity contribution in [2.24, 2.45) is 11.8 Å². The molecule has 1 aromatic carbocycles. The average Bonchev–Trinajstić information content (AvgIpc) is 3.24. The van der Waals surface area contributed by atoms with E-state index < -0.39 is 0 Å². The van der Waals surface area contributed by atoms with E-state index in [9.17, 15) is 4.79 Å². The van der Waals surface area contributed by atoms with Crippen molar-refractivity contribution in [1.29, 1.82) is 0 Å². The zero-order chi connectivity index (χ0) is 13.7. The normalized spacial score (nSPS) is 22.8. The minimum Gasteiger partial charge on any atom is -0.356 e. The predicted octanol–water partition coefficient (Wildman–Crippen LogP) is 3.72. The van der Waals surface area contributed by atoms with Gasteiger partial charge in [-0.15, -0.1) is 0 Å². The second-order valence-corrected chi connectivity index (χ2v) is 6.20. The number of carbonyl (C=O) groups excluding carboxylic acids is 1. The van der Waals surface area contributed by atoms with E-state index in [-0.39, 0.29) is 11.8 Å². The van der Waals surface area contributed by atoms with Crippen molar-refractivity contribution in [2.75, 3.05) is 11.9 Å². The van der Waals surface area contributed by atoms with Crippen LogP contribution in [0.15, 0.2) is 30.3 Å². The van der Waals surface area contributed by atoms with Gasteiger partial charge in [0.25, 0.3) is 0 Å². The van der Waals surface area contributed by atoms with Gasteiger partial charge in [0.05, 0.1) is 0 Å². The summed E-state index contributed by atoms with van der Waals surface area (Å²) < 4.78 is 0. The van der Waals surface area contributed by atoms with Crippen LogP contribution >= 0.6 is 15.9 Å². The molecule has 0 saturated heterocycles. The molecular weight excluding hydrogens is 302 g/mol. The molecule has 104 valence electrons. The van der Waals surface area contributed by atoms with Crippen LogP contribution in [0, 0.1) is 11.8 Å². The molecule has 2 rings (SSSR count). The first-order valence-electron chi connectivity index (χ1n) is 7.11. The fraction of sp³-hybridized carbons (Fsp3) is 0.562. The van der Waals surface area contributed by atoms with E-state index in [4.69, 9.17) is 0 Å². The Hall–Kier alpha value is -0.830. The molecule has 1 N–H and O–H groups in total. The van der Waals surface area contributed by atoms with Crippen LogP contribution in [0.25, 0.3) is 0 Å². The minimum absolute atomic E-state index is 0.205. The summed E-state index contributed by atoms with van der Waals surface area (Å²) in [6.45, 7) is 3.04. The lowest BCUT2D eigenvalue weighted by Gasteiger charge is -2.08. The number of benzene rings is 1. The van der Waals surface area contributed by atoms with Crippen LogP contribution in [0.4, 0.5) is 0 Å². The van der Waals surface area contributed by atoms with Gasteiger partial charge in [-0.05, 0) is 36.7 Å². The molecule has 0 spiro atoms. The van der Waals surface area contributed by atoms with E-state index in [1.165, 1.54) is 5.56 Å². The van der Waals surface area contributed by atoms with Gasteiger partial charge >= 0.3 is 0 Å². The lowest BCUT2D eigenvalue weighted by molar-refractivity contribution is -0.122. The Morgan fingerprint density at radius 3 is 2.84 bits per heavy atom. The third-order valence-corrected chi connectivity index (χ3v) is 4.90. The number of nitrogens with one attached hydrogen (secondary N) is 1. The summed E-state index contributed by atoms with van der Waals surface area (Å²) in [5, 5.41) is 4.11. The molecule has 3 atom stereocenters. The van der Waals surface area contributed by atoms with Crippen LogP contribution in [0.2, 0.25) is 0 Å². The van der Waals surface area contributed by atoms with Crippen molar-refractivity contribution < 1.29 is 4.79 Å². The monoisotopic (exact) mass is 323 g/mol. The maximum atomic E-state index is 12.0. The molecule has 0 radical (unpaired) electrons. The number of hydrogen-bond donors (Lipinski definition) is 1. The predicted molar refractivity (Wildman–Crippen MR) is 82.5 cm³/mol. The average molecular weight is 324 g/mol. The van der Waals surface area contributed by atoms with E-state index in [0.717, 1.165) is 31.1 Å². The first-order chi connectivity index (χ1) is 9.22.